The molecule has 4 heterocycles. The molecule has 3 aromatic heterocycles. The molecule has 0 unspecified atom stereocenters. The van der Waals surface area contributed by atoms with E-state index < -0.39 is 22.9 Å². The maximum Gasteiger partial charge on any atom is 0.409 e. The van der Waals surface area contributed by atoms with Crippen LogP contribution in [0.4, 0.5) is 4.79 Å². The summed E-state index contributed by atoms with van der Waals surface area (Å²) in [6.07, 6.45) is 3.03. The fourth-order valence-corrected chi connectivity index (χ4v) is 6.50. The fraction of sp³-hybridized carbons (Fsp3) is 0.433. The third-order valence-corrected chi connectivity index (χ3v) is 9.13. The molecule has 5 rings (SSSR count). The summed E-state index contributed by atoms with van der Waals surface area (Å²) in [6.45, 7) is 5.85. The minimum atomic E-state index is -1.56. The molecule has 1 N–H and O–H groups in total. The van der Waals surface area contributed by atoms with Gasteiger partial charge < -0.3 is 28.6 Å². The molecule has 12 nitrogen and oxygen atoms in total. The molecular formula is C30H34N4O8S. The van der Waals surface area contributed by atoms with E-state index in [-0.39, 0.29) is 24.4 Å². The number of likely N-dealkylation sites (tertiary alicyclic amines) is 1. The highest BCUT2D eigenvalue weighted by atomic mass is 32.1. The fourth-order valence-electron chi connectivity index (χ4n) is 5.29. The number of carbonyl (C=O) groups is 2. The Morgan fingerprint density at radius 1 is 1.21 bits per heavy atom. The van der Waals surface area contributed by atoms with Crippen LogP contribution in [0.5, 0.6) is 5.75 Å². The molecular weight excluding hydrogens is 576 g/mol. The number of hydrogen-bond donors (Lipinski definition) is 1. The van der Waals surface area contributed by atoms with Crippen LogP contribution in [-0.2, 0) is 26.2 Å². The van der Waals surface area contributed by atoms with Gasteiger partial charge in [0, 0.05) is 18.7 Å². The molecule has 1 aliphatic rings. The van der Waals surface area contributed by atoms with Gasteiger partial charge in [0.2, 0.25) is 11.3 Å². The number of ether oxygens (including phenoxy) is 3. The van der Waals surface area contributed by atoms with Crippen LogP contribution >= 0.6 is 11.3 Å². The van der Waals surface area contributed by atoms with E-state index in [9.17, 15) is 19.5 Å². The van der Waals surface area contributed by atoms with Gasteiger partial charge in [0.15, 0.2) is 0 Å². The topological polar surface area (TPSA) is 146 Å². The van der Waals surface area contributed by atoms with Crippen molar-refractivity contribution in [1.29, 1.82) is 0 Å². The standard InChI is InChI=1S/C30H34N4O8S/c1-17-22-23(35)25(30(2,3)28(36)37)32-34(27(22)43-24(17)26-31-12-15-41-26)16-21(19-8-6-7-9-20(19)39-4)42-18-10-13-33(14-11-18)29(38)40-5/h6-9,12,15,18,21H,10-11,13-14,16H2,1-5H3,(H,36,37)/t21-/m0/s1. The van der Waals surface area contributed by atoms with Gasteiger partial charge >= 0.3 is 12.1 Å². The Morgan fingerprint density at radius 3 is 2.56 bits per heavy atom. The number of benzene rings is 1. The molecule has 1 fully saturated rings. The number of rotatable bonds is 9. The lowest BCUT2D eigenvalue weighted by Crippen LogP contribution is -2.41. The van der Waals surface area contributed by atoms with Gasteiger partial charge in [-0.25, -0.2) is 9.78 Å². The van der Waals surface area contributed by atoms with Gasteiger partial charge in [0.05, 0.1) is 43.3 Å². The zero-order valence-corrected chi connectivity index (χ0v) is 25.5. The normalized spacial score (nSPS) is 15.0. The Hall–Kier alpha value is -4.23. The lowest BCUT2D eigenvalue weighted by Gasteiger charge is -2.33. The van der Waals surface area contributed by atoms with Crippen LogP contribution in [0.1, 0.15) is 49.6 Å². The van der Waals surface area contributed by atoms with Gasteiger partial charge in [-0.3, -0.25) is 14.3 Å². The molecule has 1 amide bonds. The summed E-state index contributed by atoms with van der Waals surface area (Å²) in [7, 11) is 2.94. The molecule has 0 radical (unpaired) electrons. The second-order valence-electron chi connectivity index (χ2n) is 10.9. The van der Waals surface area contributed by atoms with Crippen molar-refractivity contribution in [1.82, 2.24) is 19.7 Å². The summed E-state index contributed by atoms with van der Waals surface area (Å²) in [5.74, 6) is -0.192. The Bertz CT molecular complexity index is 1690. The maximum atomic E-state index is 13.8. The highest BCUT2D eigenvalue weighted by Gasteiger charge is 2.37. The van der Waals surface area contributed by atoms with Crippen molar-refractivity contribution in [2.75, 3.05) is 27.3 Å². The highest BCUT2D eigenvalue weighted by Crippen LogP contribution is 2.38. The van der Waals surface area contributed by atoms with E-state index >= 15 is 0 Å². The number of aryl methyl sites for hydroxylation is 1. The zero-order valence-electron chi connectivity index (χ0n) is 24.7. The molecule has 228 valence electrons. The summed E-state index contributed by atoms with van der Waals surface area (Å²) >= 11 is 1.30. The number of carboxylic acids is 1. The van der Waals surface area contributed by atoms with Crippen molar-refractivity contribution in [3.63, 3.8) is 0 Å². The Kier molecular flexibility index (Phi) is 8.56. The molecule has 1 aromatic carbocycles. The number of fused-ring (bicyclic) bond motifs is 1. The van der Waals surface area contributed by atoms with Crippen molar-refractivity contribution in [2.24, 2.45) is 0 Å². The average molecular weight is 611 g/mol. The minimum Gasteiger partial charge on any atom is -0.496 e. The summed E-state index contributed by atoms with van der Waals surface area (Å²) in [5, 5.41) is 15.1. The zero-order chi connectivity index (χ0) is 30.9. The number of aliphatic carboxylic acids is 1. The van der Waals surface area contributed by atoms with Gasteiger partial charge in [-0.15, -0.1) is 11.3 Å². The largest absolute Gasteiger partial charge is 0.496 e. The van der Waals surface area contributed by atoms with Crippen LogP contribution in [-0.4, -0.2) is 70.2 Å². The lowest BCUT2D eigenvalue weighted by molar-refractivity contribution is -0.142. The second-order valence-corrected chi connectivity index (χ2v) is 11.9. The average Bonchev–Trinajstić information content (AvgIpc) is 3.66. The summed E-state index contributed by atoms with van der Waals surface area (Å²) in [4.78, 5) is 45.3. The summed E-state index contributed by atoms with van der Waals surface area (Å²) < 4.78 is 24.5. The number of carbonyl (C=O) groups excluding carboxylic acids is 1. The number of thiophene rings is 1. The summed E-state index contributed by atoms with van der Waals surface area (Å²) in [6, 6.07) is 7.50. The van der Waals surface area contributed by atoms with E-state index in [4.69, 9.17) is 18.6 Å². The van der Waals surface area contributed by atoms with Crippen LogP contribution in [0.15, 0.2) is 45.9 Å². The van der Waals surface area contributed by atoms with E-state index in [0.717, 1.165) is 5.56 Å². The lowest BCUT2D eigenvalue weighted by atomic mass is 9.88. The smallest absolute Gasteiger partial charge is 0.409 e. The molecule has 4 aromatic rings. The van der Waals surface area contributed by atoms with Gasteiger partial charge in [-0.1, -0.05) is 18.2 Å². The van der Waals surface area contributed by atoms with E-state index in [1.165, 1.54) is 44.8 Å². The number of amides is 1. The molecule has 1 aliphatic heterocycles. The quantitative estimate of drug-likeness (QED) is 0.281. The van der Waals surface area contributed by atoms with E-state index in [0.29, 0.717) is 58.2 Å². The monoisotopic (exact) mass is 610 g/mol. The minimum absolute atomic E-state index is 0.0856. The first-order valence-electron chi connectivity index (χ1n) is 13.9. The van der Waals surface area contributed by atoms with Gasteiger partial charge in [-0.2, -0.15) is 5.10 Å². The van der Waals surface area contributed by atoms with Crippen molar-refractivity contribution >= 4 is 33.6 Å². The van der Waals surface area contributed by atoms with Crippen molar-refractivity contribution in [3.05, 3.63) is 63.8 Å². The molecule has 1 saturated heterocycles. The number of nitrogens with zero attached hydrogens (tertiary/aromatic N) is 4. The van der Waals surface area contributed by atoms with Crippen LogP contribution in [0.2, 0.25) is 0 Å². The first-order chi connectivity index (χ1) is 20.6. The van der Waals surface area contributed by atoms with E-state index in [2.05, 4.69) is 10.1 Å². The van der Waals surface area contributed by atoms with Crippen LogP contribution in [0, 0.1) is 6.92 Å². The van der Waals surface area contributed by atoms with E-state index in [1.807, 2.05) is 24.3 Å². The predicted octanol–water partition coefficient (Wildman–Crippen LogP) is 4.78. The van der Waals surface area contributed by atoms with Crippen LogP contribution < -0.4 is 10.2 Å². The van der Waals surface area contributed by atoms with Crippen LogP contribution in [0.25, 0.3) is 21.0 Å². The second kappa shape index (κ2) is 12.2. The number of methoxy groups -OCH3 is 2. The first-order valence-corrected chi connectivity index (χ1v) is 14.7. The molecule has 0 saturated carbocycles. The third kappa shape index (κ3) is 5.74. The molecule has 0 bridgehead atoms. The molecule has 43 heavy (non-hydrogen) atoms. The van der Waals surface area contributed by atoms with Crippen molar-refractivity contribution < 1.29 is 33.3 Å². The Balaban J connectivity index is 1.63. The van der Waals surface area contributed by atoms with Gasteiger partial charge in [0.1, 0.15) is 34.1 Å². The first kappa shape index (κ1) is 30.2. The number of hydrogen-bond acceptors (Lipinski definition) is 10. The Labute approximate surface area is 251 Å². The van der Waals surface area contributed by atoms with Crippen molar-refractivity contribution in [2.45, 2.75) is 57.8 Å². The number of para-hydroxylation sites is 1. The Morgan fingerprint density at radius 2 is 1.93 bits per heavy atom. The van der Waals surface area contributed by atoms with Crippen molar-refractivity contribution in [3.8, 4) is 16.5 Å². The van der Waals surface area contributed by atoms with Crippen LogP contribution in [0.3, 0.4) is 0 Å². The molecule has 0 spiro atoms. The third-order valence-electron chi connectivity index (χ3n) is 7.83. The maximum absolute atomic E-state index is 13.8. The van der Waals surface area contributed by atoms with Gasteiger partial charge in [-0.05, 0) is 45.2 Å². The molecule has 0 aliphatic carbocycles. The molecule has 1 atom stereocenters. The van der Waals surface area contributed by atoms with E-state index in [1.54, 1.807) is 23.6 Å². The van der Waals surface area contributed by atoms with Gasteiger partial charge in [0.25, 0.3) is 0 Å². The number of piperidine rings is 1. The highest BCUT2D eigenvalue weighted by molar-refractivity contribution is 7.22. The number of aromatic nitrogens is 3. The predicted molar refractivity (Wildman–Crippen MR) is 159 cm³/mol. The number of carboxylic acid groups (broad SMARTS) is 1. The number of oxazole rings is 1. The summed E-state index contributed by atoms with van der Waals surface area (Å²) in [5.41, 5.74) is -0.690. The SMILES string of the molecule is COC(=O)N1CCC(O[C@@H](Cn2nc(C(C)(C)C(=O)O)c(=O)c3c(C)c(-c4ncco4)sc32)c2ccccc2OC)CC1. The molecule has 13 heteroatoms.